The van der Waals surface area contributed by atoms with Gasteiger partial charge in [-0.25, -0.2) is 8.42 Å². The molecule has 0 aromatic heterocycles. The molecule has 1 aromatic rings. The summed E-state index contributed by atoms with van der Waals surface area (Å²) >= 11 is 0. The Hall–Kier alpha value is -2.33. The SMILES string of the molecule is COc1ccc(N2CCN(C(=O)CNC(=O)S(=O)(=O)N(C)C)CC2)cc1. The number of ether oxygens (including phenoxy) is 1. The minimum atomic E-state index is -4.06. The number of hydrogen-bond donors (Lipinski definition) is 1. The molecule has 1 aliphatic rings. The highest BCUT2D eigenvalue weighted by atomic mass is 32.2. The fourth-order valence-corrected chi connectivity index (χ4v) is 3.11. The molecule has 1 fully saturated rings. The highest BCUT2D eigenvalue weighted by Crippen LogP contribution is 2.20. The molecule has 26 heavy (non-hydrogen) atoms. The Balaban J connectivity index is 1.83. The standard InChI is InChI=1S/C16H24N4O5S/c1-18(2)26(23,24)16(22)17-12-15(21)20-10-8-19(9-11-20)13-4-6-14(25-3)7-5-13/h4-7H,8-12H2,1-3H3,(H,17,22). The molecular weight excluding hydrogens is 360 g/mol. The normalized spacial score (nSPS) is 15.1. The molecule has 10 heteroatoms. The summed E-state index contributed by atoms with van der Waals surface area (Å²) in [6, 6.07) is 7.69. The van der Waals surface area contributed by atoms with E-state index in [0.29, 0.717) is 26.2 Å². The fraction of sp³-hybridized carbons (Fsp3) is 0.500. The van der Waals surface area contributed by atoms with E-state index in [1.54, 1.807) is 12.0 Å². The smallest absolute Gasteiger partial charge is 0.352 e. The second kappa shape index (κ2) is 8.37. The fourth-order valence-electron chi connectivity index (χ4n) is 2.52. The molecule has 9 nitrogen and oxygen atoms in total. The number of amides is 2. The van der Waals surface area contributed by atoms with Gasteiger partial charge in [-0.05, 0) is 24.3 Å². The van der Waals surface area contributed by atoms with Crippen LogP contribution in [0.1, 0.15) is 0 Å². The van der Waals surface area contributed by atoms with E-state index in [1.165, 1.54) is 14.1 Å². The van der Waals surface area contributed by atoms with Crippen molar-refractivity contribution in [3.05, 3.63) is 24.3 Å². The summed E-state index contributed by atoms with van der Waals surface area (Å²) in [4.78, 5) is 27.6. The number of methoxy groups -OCH3 is 1. The zero-order valence-electron chi connectivity index (χ0n) is 15.1. The third kappa shape index (κ3) is 4.64. The van der Waals surface area contributed by atoms with Crippen LogP contribution in [0.25, 0.3) is 0 Å². The number of nitrogens with one attached hydrogen (secondary N) is 1. The van der Waals surface area contributed by atoms with E-state index in [9.17, 15) is 18.0 Å². The number of sulfonamides is 1. The number of rotatable bonds is 5. The molecule has 0 bridgehead atoms. The van der Waals surface area contributed by atoms with Gasteiger partial charge in [0.1, 0.15) is 5.75 Å². The lowest BCUT2D eigenvalue weighted by Crippen LogP contribution is -2.52. The zero-order valence-corrected chi connectivity index (χ0v) is 16.0. The predicted octanol–water partition coefficient (Wildman–Crippen LogP) is -0.0552. The van der Waals surface area contributed by atoms with Crippen LogP contribution in [0.15, 0.2) is 24.3 Å². The van der Waals surface area contributed by atoms with Crippen LogP contribution in [-0.4, -0.2) is 82.7 Å². The first-order valence-corrected chi connectivity index (χ1v) is 9.57. The average Bonchev–Trinajstić information content (AvgIpc) is 2.65. The maximum Gasteiger partial charge on any atom is 0.352 e. The lowest BCUT2D eigenvalue weighted by atomic mass is 10.2. The monoisotopic (exact) mass is 384 g/mol. The van der Waals surface area contributed by atoms with E-state index >= 15 is 0 Å². The molecule has 1 aromatic carbocycles. The van der Waals surface area contributed by atoms with Gasteiger partial charge in [-0.2, -0.15) is 4.31 Å². The summed E-state index contributed by atoms with van der Waals surface area (Å²) in [5, 5.41) is 0.996. The van der Waals surface area contributed by atoms with E-state index in [1.807, 2.05) is 24.3 Å². The highest BCUT2D eigenvalue weighted by Gasteiger charge is 2.27. The molecule has 1 aliphatic heterocycles. The molecule has 1 N–H and O–H groups in total. The summed E-state index contributed by atoms with van der Waals surface area (Å²) in [6.45, 7) is 1.97. The third-order valence-electron chi connectivity index (χ3n) is 4.17. The molecule has 0 spiro atoms. The molecule has 0 unspecified atom stereocenters. The van der Waals surface area contributed by atoms with Crippen LogP contribution < -0.4 is 15.0 Å². The number of carbonyl (C=O) groups excluding carboxylic acids is 2. The second-order valence-electron chi connectivity index (χ2n) is 5.99. The lowest BCUT2D eigenvalue weighted by Gasteiger charge is -2.36. The van der Waals surface area contributed by atoms with Gasteiger partial charge in [-0.3, -0.25) is 9.59 Å². The zero-order chi connectivity index (χ0) is 19.3. The highest BCUT2D eigenvalue weighted by molar-refractivity contribution is 8.03. The van der Waals surface area contributed by atoms with Crippen molar-refractivity contribution in [2.45, 2.75) is 0 Å². The largest absolute Gasteiger partial charge is 0.497 e. The van der Waals surface area contributed by atoms with Gasteiger partial charge in [-0.1, -0.05) is 0 Å². The first kappa shape index (κ1) is 20.0. The number of anilines is 1. The van der Waals surface area contributed by atoms with E-state index in [2.05, 4.69) is 10.2 Å². The molecular formula is C16H24N4O5S. The molecule has 0 radical (unpaired) electrons. The van der Waals surface area contributed by atoms with Gasteiger partial charge >= 0.3 is 5.24 Å². The molecule has 144 valence electrons. The maximum atomic E-state index is 12.2. The van der Waals surface area contributed by atoms with E-state index < -0.39 is 15.3 Å². The number of benzene rings is 1. The van der Waals surface area contributed by atoms with Crippen molar-refractivity contribution < 1.29 is 22.7 Å². The molecule has 2 amide bonds. The van der Waals surface area contributed by atoms with Crippen LogP contribution in [0.4, 0.5) is 10.5 Å². The van der Waals surface area contributed by atoms with Crippen molar-refractivity contribution >= 4 is 26.9 Å². The quantitative estimate of drug-likeness (QED) is 0.764. The number of nitrogens with zero attached hydrogens (tertiary/aromatic N) is 3. The van der Waals surface area contributed by atoms with E-state index in [4.69, 9.17) is 4.74 Å². The van der Waals surface area contributed by atoms with E-state index in [-0.39, 0.29) is 12.5 Å². The van der Waals surface area contributed by atoms with Crippen LogP contribution in [0.3, 0.4) is 0 Å². The van der Waals surface area contributed by atoms with Gasteiger partial charge in [0.05, 0.1) is 13.7 Å². The Kier molecular flexibility index (Phi) is 6.43. The van der Waals surface area contributed by atoms with Crippen LogP contribution in [0.5, 0.6) is 5.75 Å². The summed E-state index contributed by atoms with van der Waals surface area (Å²) in [7, 11) is 0.0714. The Morgan fingerprint density at radius 1 is 1.12 bits per heavy atom. The molecule has 0 aliphatic carbocycles. The summed E-state index contributed by atoms with van der Waals surface area (Å²) in [5.41, 5.74) is 1.04. The van der Waals surface area contributed by atoms with Crippen molar-refractivity contribution in [2.75, 3.05) is 58.8 Å². The molecule has 0 saturated carbocycles. The summed E-state index contributed by atoms with van der Waals surface area (Å²) in [5.74, 6) is 0.479. The van der Waals surface area contributed by atoms with Gasteiger partial charge in [-0.15, -0.1) is 0 Å². The van der Waals surface area contributed by atoms with Crippen molar-refractivity contribution in [2.24, 2.45) is 0 Å². The maximum absolute atomic E-state index is 12.2. The molecule has 1 saturated heterocycles. The van der Waals surface area contributed by atoms with Gasteiger partial charge in [0.15, 0.2) is 0 Å². The Bertz CT molecular complexity index is 740. The van der Waals surface area contributed by atoms with Crippen molar-refractivity contribution in [3.8, 4) is 5.75 Å². The van der Waals surface area contributed by atoms with E-state index in [0.717, 1.165) is 15.7 Å². The predicted molar refractivity (Wildman–Crippen MR) is 97.8 cm³/mol. The average molecular weight is 384 g/mol. The Labute approximate surface area is 153 Å². The minimum Gasteiger partial charge on any atom is -0.497 e. The topological polar surface area (TPSA) is 99.3 Å². The number of hydrogen-bond acceptors (Lipinski definition) is 6. The molecule has 0 atom stereocenters. The Morgan fingerprint density at radius 3 is 2.19 bits per heavy atom. The first-order valence-electron chi connectivity index (χ1n) is 8.13. The number of piperazine rings is 1. The van der Waals surface area contributed by atoms with Crippen LogP contribution in [0.2, 0.25) is 0 Å². The van der Waals surface area contributed by atoms with Gasteiger partial charge in [0.25, 0.3) is 10.0 Å². The van der Waals surface area contributed by atoms with Crippen molar-refractivity contribution in [1.82, 2.24) is 14.5 Å². The van der Waals surface area contributed by atoms with Crippen molar-refractivity contribution in [1.29, 1.82) is 0 Å². The summed E-state index contributed by atoms with van der Waals surface area (Å²) < 4.78 is 29.2. The summed E-state index contributed by atoms with van der Waals surface area (Å²) in [6.07, 6.45) is 0. The Morgan fingerprint density at radius 2 is 1.69 bits per heavy atom. The van der Waals surface area contributed by atoms with Gasteiger partial charge < -0.3 is 19.9 Å². The molecule has 1 heterocycles. The lowest BCUT2D eigenvalue weighted by molar-refractivity contribution is -0.130. The minimum absolute atomic E-state index is 0.304. The third-order valence-corrected chi connectivity index (χ3v) is 5.74. The van der Waals surface area contributed by atoms with Crippen LogP contribution >= 0.6 is 0 Å². The molecule has 2 rings (SSSR count). The van der Waals surface area contributed by atoms with Gasteiger partial charge in [0, 0.05) is 46.0 Å². The number of carbonyl (C=O) groups is 2. The second-order valence-corrected chi connectivity index (χ2v) is 8.05. The van der Waals surface area contributed by atoms with Crippen molar-refractivity contribution in [3.63, 3.8) is 0 Å². The first-order chi connectivity index (χ1) is 12.3. The van der Waals surface area contributed by atoms with Gasteiger partial charge in [0.2, 0.25) is 5.91 Å². The van der Waals surface area contributed by atoms with Crippen LogP contribution in [0, 0.1) is 0 Å². The van der Waals surface area contributed by atoms with Crippen LogP contribution in [-0.2, 0) is 14.8 Å².